The van der Waals surface area contributed by atoms with Gasteiger partial charge in [0.25, 0.3) is 0 Å². The van der Waals surface area contributed by atoms with Crippen LogP contribution in [0, 0.1) is 5.92 Å². The number of nitrogens with one attached hydrogen (secondary N) is 1. The number of carbonyl (C=O) groups excluding carboxylic acids is 2. The van der Waals surface area contributed by atoms with Crippen molar-refractivity contribution in [1.29, 1.82) is 0 Å². The first-order chi connectivity index (χ1) is 15.7. The molecule has 1 aliphatic heterocycles. The van der Waals surface area contributed by atoms with Crippen molar-refractivity contribution in [2.45, 2.75) is 155 Å². The van der Waals surface area contributed by atoms with Crippen molar-refractivity contribution < 1.29 is 23.5 Å². The number of cyclic esters (lactones) is 1. The molecule has 1 aliphatic rings. The van der Waals surface area contributed by atoms with Gasteiger partial charge in [-0.05, 0) is 69.5 Å². The lowest BCUT2D eigenvalue weighted by molar-refractivity contribution is -0.158. The summed E-state index contributed by atoms with van der Waals surface area (Å²) in [6.07, 6.45) is 4.47. The van der Waals surface area contributed by atoms with Crippen molar-refractivity contribution in [1.82, 2.24) is 5.32 Å². The number of alkyl carbamates (subject to hydrolysis) is 1. The summed E-state index contributed by atoms with van der Waals surface area (Å²) in [5, 5.41) is 2.75. The number of amides is 1. The molecule has 1 rings (SSSR count). The lowest BCUT2D eigenvalue weighted by atomic mass is 9.88. The summed E-state index contributed by atoms with van der Waals surface area (Å²) >= 11 is 0. The number of hydrogen-bond acceptors (Lipinski definition) is 5. The second kappa shape index (κ2) is 13.3. The minimum Gasteiger partial charge on any atom is -0.458 e. The van der Waals surface area contributed by atoms with Gasteiger partial charge in [0.05, 0.1) is 6.10 Å². The molecule has 7 heteroatoms. The molecular formula is C27H53NO5Si. The van der Waals surface area contributed by atoms with Gasteiger partial charge in [0.1, 0.15) is 17.7 Å². The van der Waals surface area contributed by atoms with Gasteiger partial charge in [-0.2, -0.15) is 0 Å². The van der Waals surface area contributed by atoms with Gasteiger partial charge in [-0.1, -0.05) is 67.7 Å². The van der Waals surface area contributed by atoms with Crippen molar-refractivity contribution >= 4 is 20.4 Å². The molecule has 1 amide bonds. The molecule has 1 saturated heterocycles. The van der Waals surface area contributed by atoms with Gasteiger partial charge in [0, 0.05) is 0 Å². The maximum atomic E-state index is 13.2. The minimum absolute atomic E-state index is 0.136. The molecule has 0 saturated carbocycles. The molecule has 200 valence electrons. The van der Waals surface area contributed by atoms with Crippen LogP contribution in [-0.4, -0.2) is 44.2 Å². The summed E-state index contributed by atoms with van der Waals surface area (Å²) in [5.74, 6) is -0.0405. The van der Waals surface area contributed by atoms with E-state index in [1.807, 2.05) is 27.7 Å². The quantitative estimate of drug-likeness (QED) is 0.279. The molecule has 0 radical (unpaired) electrons. The minimum atomic E-state index is -2.17. The van der Waals surface area contributed by atoms with E-state index in [2.05, 4.69) is 53.8 Å². The molecule has 0 aromatic rings. The Morgan fingerprint density at radius 2 is 1.59 bits per heavy atom. The third-order valence-electron chi connectivity index (χ3n) is 7.23. The third-order valence-corrected chi connectivity index (χ3v) is 13.3. The van der Waals surface area contributed by atoms with Crippen LogP contribution in [0.2, 0.25) is 16.6 Å². The molecule has 0 aromatic carbocycles. The van der Waals surface area contributed by atoms with Crippen LogP contribution >= 0.6 is 0 Å². The normalized spacial score (nSPS) is 25.4. The van der Waals surface area contributed by atoms with Crippen molar-refractivity contribution in [3.8, 4) is 0 Å². The van der Waals surface area contributed by atoms with Crippen molar-refractivity contribution in [2.75, 3.05) is 0 Å². The Hall–Kier alpha value is -1.08. The van der Waals surface area contributed by atoms with E-state index in [1.165, 1.54) is 0 Å². The molecule has 0 aliphatic carbocycles. The topological polar surface area (TPSA) is 73.9 Å². The Balaban J connectivity index is 3.23. The number of rotatable bonds is 8. The van der Waals surface area contributed by atoms with Crippen LogP contribution in [0.15, 0.2) is 0 Å². The maximum Gasteiger partial charge on any atom is 0.408 e. The van der Waals surface area contributed by atoms with Gasteiger partial charge in [0.15, 0.2) is 0 Å². The van der Waals surface area contributed by atoms with Gasteiger partial charge in [-0.25, -0.2) is 9.59 Å². The molecule has 0 spiro atoms. The highest BCUT2D eigenvalue weighted by Crippen LogP contribution is 2.45. The highest BCUT2D eigenvalue weighted by Gasteiger charge is 2.49. The van der Waals surface area contributed by atoms with Crippen molar-refractivity contribution in [3.05, 3.63) is 0 Å². The van der Waals surface area contributed by atoms with Crippen LogP contribution in [0.4, 0.5) is 4.79 Å². The second-order valence-electron chi connectivity index (χ2n) is 12.1. The van der Waals surface area contributed by atoms with Crippen LogP contribution in [-0.2, 0) is 18.7 Å². The highest BCUT2D eigenvalue weighted by molar-refractivity contribution is 6.77. The predicted molar refractivity (Wildman–Crippen MR) is 141 cm³/mol. The van der Waals surface area contributed by atoms with E-state index >= 15 is 0 Å². The van der Waals surface area contributed by atoms with E-state index in [-0.39, 0.29) is 12.2 Å². The zero-order valence-corrected chi connectivity index (χ0v) is 24.8. The van der Waals surface area contributed by atoms with E-state index < -0.39 is 32.0 Å². The van der Waals surface area contributed by atoms with Gasteiger partial charge in [-0.15, -0.1) is 0 Å². The highest BCUT2D eigenvalue weighted by atomic mass is 28.4. The Morgan fingerprint density at radius 1 is 1.06 bits per heavy atom. The average Bonchev–Trinajstić information content (AvgIpc) is 2.67. The number of esters is 1. The fraction of sp³-hybridized carbons (Fsp3) is 0.926. The molecule has 1 N–H and O–H groups in total. The van der Waals surface area contributed by atoms with E-state index in [0.717, 1.165) is 32.1 Å². The van der Waals surface area contributed by atoms with Gasteiger partial charge < -0.3 is 19.2 Å². The largest absolute Gasteiger partial charge is 0.458 e. The maximum absolute atomic E-state index is 13.2. The zero-order valence-electron chi connectivity index (χ0n) is 23.8. The number of carbonyl (C=O) groups is 2. The standard InChI is InChI=1S/C27H53NO5Si/c1-12-15-22-16-13-14-17-23(28-26(30)32-27(9,10)11)25(29)31-21(8)24(22)33-34(18(2)3,19(4)5)20(6)7/h18-24H,12-17H2,1-11H3,(H,28,30)/t21-,22-,23-,24-/m0/s1. The molecular weight excluding hydrogens is 446 g/mol. The molecule has 0 unspecified atom stereocenters. The monoisotopic (exact) mass is 499 g/mol. The molecule has 34 heavy (non-hydrogen) atoms. The van der Waals surface area contributed by atoms with E-state index in [0.29, 0.717) is 29.0 Å². The van der Waals surface area contributed by atoms with Crippen LogP contribution in [0.3, 0.4) is 0 Å². The van der Waals surface area contributed by atoms with Gasteiger partial charge >= 0.3 is 12.1 Å². The summed E-state index contributed by atoms with van der Waals surface area (Å²) in [6, 6.07) is -0.706. The van der Waals surface area contributed by atoms with E-state index in [4.69, 9.17) is 13.9 Å². The summed E-state index contributed by atoms with van der Waals surface area (Å²) in [6.45, 7) is 23.4. The molecule has 0 bridgehead atoms. The number of ether oxygens (including phenoxy) is 2. The van der Waals surface area contributed by atoms with Crippen LogP contribution in [0.5, 0.6) is 0 Å². The lowest BCUT2D eigenvalue weighted by Crippen LogP contribution is -2.55. The molecule has 6 nitrogen and oxygen atoms in total. The van der Waals surface area contributed by atoms with E-state index in [1.54, 1.807) is 0 Å². The van der Waals surface area contributed by atoms with Crippen LogP contribution in [0.25, 0.3) is 0 Å². The Bertz CT molecular complexity index is 622. The number of hydrogen-bond donors (Lipinski definition) is 1. The summed E-state index contributed by atoms with van der Waals surface area (Å²) in [4.78, 5) is 25.5. The first-order valence-electron chi connectivity index (χ1n) is 13.5. The summed E-state index contributed by atoms with van der Waals surface area (Å²) in [5.41, 5.74) is 0.737. The predicted octanol–water partition coefficient (Wildman–Crippen LogP) is 7.36. The lowest BCUT2D eigenvalue weighted by Gasteiger charge is -2.47. The Labute approximate surface area is 210 Å². The van der Waals surface area contributed by atoms with Gasteiger partial charge in [0.2, 0.25) is 8.32 Å². The summed E-state index contributed by atoms with van der Waals surface area (Å²) in [7, 11) is -2.17. The fourth-order valence-corrected chi connectivity index (χ4v) is 11.5. The second-order valence-corrected chi connectivity index (χ2v) is 17.5. The van der Waals surface area contributed by atoms with Crippen LogP contribution < -0.4 is 5.32 Å². The average molecular weight is 500 g/mol. The molecule has 1 fully saturated rings. The molecule has 0 aromatic heterocycles. The zero-order chi connectivity index (χ0) is 26.3. The Kier molecular flexibility index (Phi) is 12.1. The van der Waals surface area contributed by atoms with Crippen molar-refractivity contribution in [3.63, 3.8) is 0 Å². The summed E-state index contributed by atoms with van der Waals surface area (Å²) < 4.78 is 18.7. The van der Waals surface area contributed by atoms with Gasteiger partial charge in [-0.3, -0.25) is 0 Å². The third kappa shape index (κ3) is 8.54. The first-order valence-corrected chi connectivity index (χ1v) is 15.7. The SMILES string of the molecule is CCC[C@H]1CCCC[C@H](NC(=O)OC(C)(C)C)C(=O)O[C@@H](C)[C@@H]1O[Si](C(C)C)(C(C)C)C(C)C. The van der Waals surface area contributed by atoms with Crippen LogP contribution in [0.1, 0.15) is 115 Å². The smallest absolute Gasteiger partial charge is 0.408 e. The van der Waals surface area contributed by atoms with E-state index in [9.17, 15) is 9.59 Å². The molecule has 1 heterocycles. The fourth-order valence-electron chi connectivity index (χ4n) is 5.85. The Morgan fingerprint density at radius 3 is 2.06 bits per heavy atom. The molecule has 4 atom stereocenters. The first kappa shape index (κ1) is 30.9. The van der Waals surface area contributed by atoms with Crippen molar-refractivity contribution in [2.24, 2.45) is 5.92 Å².